The molecule has 0 aliphatic rings. The number of amides is 1. The summed E-state index contributed by atoms with van der Waals surface area (Å²) in [6, 6.07) is 6.89. The van der Waals surface area contributed by atoms with Gasteiger partial charge in [-0.1, -0.05) is 12.1 Å². The molecule has 0 radical (unpaired) electrons. The summed E-state index contributed by atoms with van der Waals surface area (Å²) in [7, 11) is 1.49. The monoisotopic (exact) mass is 316 g/mol. The number of anilines is 2. The zero-order valence-electron chi connectivity index (χ0n) is 12.6. The Hall–Kier alpha value is -3.16. The average Bonchev–Trinajstić information content (AvgIpc) is 2.55. The SMILES string of the molecule is COc1ccccc1NC(=O)[C@@H](C)OC(=O)c1nccnc1N. The molecule has 0 saturated carbocycles. The van der Waals surface area contributed by atoms with E-state index >= 15 is 0 Å². The van der Waals surface area contributed by atoms with E-state index in [4.69, 9.17) is 15.2 Å². The van der Waals surface area contributed by atoms with Crippen molar-refractivity contribution in [3.63, 3.8) is 0 Å². The van der Waals surface area contributed by atoms with Gasteiger partial charge in [0.15, 0.2) is 17.6 Å². The van der Waals surface area contributed by atoms with Crippen LogP contribution in [0.15, 0.2) is 36.7 Å². The number of carbonyl (C=O) groups is 2. The van der Waals surface area contributed by atoms with E-state index < -0.39 is 18.0 Å². The molecule has 2 aromatic rings. The van der Waals surface area contributed by atoms with Crippen LogP contribution >= 0.6 is 0 Å². The first kappa shape index (κ1) is 16.2. The number of esters is 1. The Labute approximate surface area is 132 Å². The number of hydrogen-bond acceptors (Lipinski definition) is 7. The van der Waals surface area contributed by atoms with Gasteiger partial charge in [0, 0.05) is 12.4 Å². The number of nitrogens with zero attached hydrogens (tertiary/aromatic N) is 2. The van der Waals surface area contributed by atoms with Crippen molar-refractivity contribution in [3.8, 4) is 5.75 Å². The van der Waals surface area contributed by atoms with Crippen LogP contribution < -0.4 is 15.8 Å². The molecule has 8 heteroatoms. The van der Waals surface area contributed by atoms with Crippen LogP contribution in [0.1, 0.15) is 17.4 Å². The summed E-state index contributed by atoms with van der Waals surface area (Å²) >= 11 is 0. The maximum Gasteiger partial charge on any atom is 0.361 e. The molecule has 0 fully saturated rings. The molecule has 1 amide bonds. The van der Waals surface area contributed by atoms with Crippen molar-refractivity contribution in [2.24, 2.45) is 0 Å². The van der Waals surface area contributed by atoms with Crippen LogP contribution in [0.5, 0.6) is 5.75 Å². The van der Waals surface area contributed by atoms with Crippen LogP contribution in [-0.4, -0.2) is 35.1 Å². The zero-order chi connectivity index (χ0) is 16.8. The summed E-state index contributed by atoms with van der Waals surface area (Å²) in [6.45, 7) is 1.44. The second kappa shape index (κ2) is 7.21. The van der Waals surface area contributed by atoms with Gasteiger partial charge in [-0.2, -0.15) is 0 Å². The van der Waals surface area contributed by atoms with E-state index in [0.717, 1.165) is 0 Å². The number of hydrogen-bond donors (Lipinski definition) is 2. The van der Waals surface area contributed by atoms with Crippen LogP contribution in [-0.2, 0) is 9.53 Å². The van der Waals surface area contributed by atoms with Gasteiger partial charge in [0.1, 0.15) is 5.75 Å². The van der Waals surface area contributed by atoms with Crippen molar-refractivity contribution >= 4 is 23.4 Å². The van der Waals surface area contributed by atoms with Gasteiger partial charge < -0.3 is 20.5 Å². The molecular weight excluding hydrogens is 300 g/mol. The highest BCUT2D eigenvalue weighted by Gasteiger charge is 2.22. The first-order chi connectivity index (χ1) is 11.0. The molecule has 0 bridgehead atoms. The fraction of sp³-hybridized carbons (Fsp3) is 0.200. The molecule has 120 valence electrons. The molecule has 8 nitrogen and oxygen atoms in total. The third-order valence-electron chi connectivity index (χ3n) is 2.94. The van der Waals surface area contributed by atoms with E-state index in [0.29, 0.717) is 11.4 Å². The Morgan fingerprint density at radius 1 is 1.22 bits per heavy atom. The van der Waals surface area contributed by atoms with Crippen LogP contribution in [0, 0.1) is 0 Å². The van der Waals surface area contributed by atoms with Crippen molar-refractivity contribution in [1.82, 2.24) is 9.97 Å². The summed E-state index contributed by atoms with van der Waals surface area (Å²) in [5.41, 5.74) is 5.88. The highest BCUT2D eigenvalue weighted by atomic mass is 16.5. The number of methoxy groups -OCH3 is 1. The maximum atomic E-state index is 12.1. The fourth-order valence-electron chi connectivity index (χ4n) is 1.76. The van der Waals surface area contributed by atoms with Gasteiger partial charge in [0.05, 0.1) is 12.8 Å². The lowest BCUT2D eigenvalue weighted by Crippen LogP contribution is -2.30. The molecule has 2 rings (SSSR count). The number of carbonyl (C=O) groups excluding carboxylic acids is 2. The summed E-state index contributed by atoms with van der Waals surface area (Å²) in [4.78, 5) is 31.6. The van der Waals surface area contributed by atoms with Crippen LogP contribution in [0.3, 0.4) is 0 Å². The van der Waals surface area contributed by atoms with E-state index in [1.54, 1.807) is 24.3 Å². The van der Waals surface area contributed by atoms with Gasteiger partial charge in [-0.3, -0.25) is 4.79 Å². The minimum atomic E-state index is -1.05. The van der Waals surface area contributed by atoms with E-state index in [1.807, 2.05) is 0 Å². The molecule has 1 heterocycles. The minimum Gasteiger partial charge on any atom is -0.495 e. The predicted molar refractivity (Wildman–Crippen MR) is 82.9 cm³/mol. The number of aromatic nitrogens is 2. The van der Waals surface area contributed by atoms with Gasteiger partial charge in [0.25, 0.3) is 5.91 Å². The van der Waals surface area contributed by atoms with Crippen LogP contribution in [0.2, 0.25) is 0 Å². The third-order valence-corrected chi connectivity index (χ3v) is 2.94. The number of nitrogens with two attached hydrogens (primary N) is 1. The molecule has 3 N–H and O–H groups in total. The number of para-hydroxylation sites is 2. The summed E-state index contributed by atoms with van der Waals surface area (Å²) in [6.07, 6.45) is 1.62. The second-order valence-corrected chi connectivity index (χ2v) is 4.53. The first-order valence-corrected chi connectivity index (χ1v) is 6.74. The normalized spacial score (nSPS) is 11.4. The van der Waals surface area contributed by atoms with Gasteiger partial charge in [0.2, 0.25) is 0 Å². The molecule has 0 aliphatic heterocycles. The number of nitrogen functional groups attached to an aromatic ring is 1. The Morgan fingerprint density at radius 3 is 2.61 bits per heavy atom. The molecule has 0 aliphatic carbocycles. The summed E-state index contributed by atoms with van der Waals surface area (Å²) in [5.74, 6) is -0.893. The fourth-order valence-corrected chi connectivity index (χ4v) is 1.76. The zero-order valence-corrected chi connectivity index (χ0v) is 12.6. The number of nitrogens with one attached hydrogen (secondary N) is 1. The molecule has 0 spiro atoms. The molecule has 1 aromatic carbocycles. The number of ether oxygens (including phenoxy) is 2. The lowest BCUT2D eigenvalue weighted by atomic mass is 10.2. The third kappa shape index (κ3) is 3.94. The highest BCUT2D eigenvalue weighted by molar-refractivity contribution is 5.98. The summed E-state index contributed by atoms with van der Waals surface area (Å²) in [5, 5.41) is 2.62. The quantitative estimate of drug-likeness (QED) is 0.797. The van der Waals surface area contributed by atoms with Gasteiger partial charge >= 0.3 is 5.97 Å². The van der Waals surface area contributed by atoms with Crippen molar-refractivity contribution < 1.29 is 19.1 Å². The predicted octanol–water partition coefficient (Wildman–Crippen LogP) is 1.25. The van der Waals surface area contributed by atoms with Gasteiger partial charge in [-0.15, -0.1) is 0 Å². The second-order valence-electron chi connectivity index (χ2n) is 4.53. The number of benzene rings is 1. The Kier molecular flexibility index (Phi) is 5.08. The van der Waals surface area contributed by atoms with Crippen molar-refractivity contribution in [2.75, 3.05) is 18.2 Å². The summed E-state index contributed by atoms with van der Waals surface area (Å²) < 4.78 is 10.2. The largest absolute Gasteiger partial charge is 0.495 e. The lowest BCUT2D eigenvalue weighted by molar-refractivity contribution is -0.123. The molecule has 1 atom stereocenters. The molecule has 23 heavy (non-hydrogen) atoms. The van der Waals surface area contributed by atoms with Gasteiger partial charge in [-0.25, -0.2) is 14.8 Å². The molecule has 0 unspecified atom stereocenters. The van der Waals surface area contributed by atoms with E-state index in [2.05, 4.69) is 15.3 Å². The molecule has 1 aromatic heterocycles. The topological polar surface area (TPSA) is 116 Å². The maximum absolute atomic E-state index is 12.1. The standard InChI is InChI=1S/C15H16N4O4/c1-9(23-15(21)12-13(16)18-8-7-17-12)14(20)19-10-5-3-4-6-11(10)22-2/h3-9H,1-2H3,(H2,16,18)(H,19,20)/t9-/m1/s1. The van der Waals surface area contributed by atoms with E-state index in [1.165, 1.54) is 26.4 Å². The Morgan fingerprint density at radius 2 is 1.91 bits per heavy atom. The number of rotatable bonds is 5. The Bertz CT molecular complexity index is 720. The average molecular weight is 316 g/mol. The molecule has 0 saturated heterocycles. The van der Waals surface area contributed by atoms with Crippen molar-refractivity contribution in [3.05, 3.63) is 42.4 Å². The lowest BCUT2D eigenvalue weighted by Gasteiger charge is -2.15. The van der Waals surface area contributed by atoms with Crippen molar-refractivity contribution in [2.45, 2.75) is 13.0 Å². The minimum absolute atomic E-state index is 0.0603. The molecular formula is C15H16N4O4. The van der Waals surface area contributed by atoms with Crippen molar-refractivity contribution in [1.29, 1.82) is 0 Å². The van der Waals surface area contributed by atoms with Gasteiger partial charge in [-0.05, 0) is 19.1 Å². The highest BCUT2D eigenvalue weighted by Crippen LogP contribution is 2.23. The van der Waals surface area contributed by atoms with Crippen LogP contribution in [0.25, 0.3) is 0 Å². The first-order valence-electron chi connectivity index (χ1n) is 6.74. The smallest absolute Gasteiger partial charge is 0.361 e. The Balaban J connectivity index is 2.03. The van der Waals surface area contributed by atoms with Crippen LogP contribution in [0.4, 0.5) is 11.5 Å². The van der Waals surface area contributed by atoms with E-state index in [9.17, 15) is 9.59 Å². The van der Waals surface area contributed by atoms with E-state index in [-0.39, 0.29) is 11.5 Å².